The number of amides is 1. The minimum atomic E-state index is -3.40. The number of nitrogens with one attached hydrogen (secondary N) is 1. The Labute approximate surface area is 108 Å². The first-order chi connectivity index (χ1) is 8.45. The highest BCUT2D eigenvalue weighted by atomic mass is 32.2. The Morgan fingerprint density at radius 1 is 1.22 bits per heavy atom. The minimum Gasteiger partial charge on any atom is -0.377 e. The molecule has 0 radical (unpaired) electrons. The third kappa shape index (κ3) is 13.4. The molecule has 0 saturated carbocycles. The van der Waals surface area contributed by atoms with Crippen molar-refractivity contribution in [2.45, 2.75) is 19.3 Å². The lowest BCUT2D eigenvalue weighted by Crippen LogP contribution is -2.27. The molecule has 7 nitrogen and oxygen atoms in total. The van der Waals surface area contributed by atoms with Crippen LogP contribution in [0.5, 0.6) is 0 Å². The molecule has 0 saturated heterocycles. The minimum absolute atomic E-state index is 0.0106. The first-order valence-corrected chi connectivity index (χ1v) is 7.66. The highest BCUT2D eigenvalue weighted by Gasteiger charge is 2.01. The van der Waals surface area contributed by atoms with E-state index in [0.29, 0.717) is 26.1 Å². The second-order valence-corrected chi connectivity index (χ2v) is 5.38. The zero-order valence-corrected chi connectivity index (χ0v) is 11.5. The van der Waals surface area contributed by atoms with Gasteiger partial charge in [-0.3, -0.25) is 8.98 Å². The van der Waals surface area contributed by atoms with Crippen LogP contribution in [0.2, 0.25) is 0 Å². The summed E-state index contributed by atoms with van der Waals surface area (Å²) in [5.41, 5.74) is 5.31. The summed E-state index contributed by atoms with van der Waals surface area (Å²) in [5.74, 6) is -0.0283. The van der Waals surface area contributed by atoms with E-state index in [-0.39, 0.29) is 19.1 Å². The topological polar surface area (TPSA) is 108 Å². The molecule has 0 aromatic heterocycles. The summed E-state index contributed by atoms with van der Waals surface area (Å²) in [6.45, 7) is 1.49. The van der Waals surface area contributed by atoms with E-state index in [1.54, 1.807) is 0 Å². The van der Waals surface area contributed by atoms with Gasteiger partial charge in [0, 0.05) is 13.0 Å². The molecular formula is C10H22N2O5S. The van der Waals surface area contributed by atoms with E-state index >= 15 is 0 Å². The number of carbonyl (C=O) groups excluding carboxylic acids is 1. The molecule has 0 spiro atoms. The number of rotatable bonds is 11. The first-order valence-electron chi connectivity index (χ1n) is 5.84. The number of carbonyl (C=O) groups is 1. The molecule has 0 aliphatic rings. The van der Waals surface area contributed by atoms with Crippen LogP contribution in [0.4, 0.5) is 0 Å². The highest BCUT2D eigenvalue weighted by Crippen LogP contribution is 1.92. The molecule has 18 heavy (non-hydrogen) atoms. The summed E-state index contributed by atoms with van der Waals surface area (Å²) in [6.07, 6.45) is 3.07. The Hall–Kier alpha value is -0.700. The van der Waals surface area contributed by atoms with Crippen molar-refractivity contribution in [2.75, 3.05) is 39.2 Å². The molecule has 0 fully saturated rings. The smallest absolute Gasteiger partial charge is 0.264 e. The Kier molecular flexibility index (Phi) is 9.85. The number of unbranched alkanes of at least 4 members (excludes halogenated alkanes) is 1. The van der Waals surface area contributed by atoms with Crippen molar-refractivity contribution >= 4 is 16.0 Å². The van der Waals surface area contributed by atoms with E-state index in [4.69, 9.17) is 10.5 Å². The van der Waals surface area contributed by atoms with Crippen LogP contribution in [-0.2, 0) is 23.8 Å². The summed E-state index contributed by atoms with van der Waals surface area (Å²) in [7, 11) is -3.40. The standard InChI is InChI=1S/C10H22N2O5S/c1-18(14,15)17-9-8-16-7-6-12-10(13)4-2-3-5-11/h2-9,11H2,1H3,(H,12,13). The Morgan fingerprint density at radius 3 is 2.56 bits per heavy atom. The van der Waals surface area contributed by atoms with E-state index < -0.39 is 10.1 Å². The molecule has 108 valence electrons. The SMILES string of the molecule is CS(=O)(=O)OCCOCCNC(=O)CCCCN. The van der Waals surface area contributed by atoms with Crippen molar-refractivity contribution in [1.29, 1.82) is 0 Å². The van der Waals surface area contributed by atoms with Gasteiger partial charge in [-0.25, -0.2) is 0 Å². The van der Waals surface area contributed by atoms with Crippen molar-refractivity contribution in [3.8, 4) is 0 Å². The molecule has 8 heteroatoms. The molecule has 0 aromatic carbocycles. The fraction of sp³-hybridized carbons (Fsp3) is 0.900. The van der Waals surface area contributed by atoms with Gasteiger partial charge >= 0.3 is 0 Å². The molecule has 3 N–H and O–H groups in total. The lowest BCUT2D eigenvalue weighted by molar-refractivity contribution is -0.121. The highest BCUT2D eigenvalue weighted by molar-refractivity contribution is 7.85. The van der Waals surface area contributed by atoms with Gasteiger partial charge in [-0.2, -0.15) is 8.42 Å². The van der Waals surface area contributed by atoms with Crippen LogP contribution in [0.25, 0.3) is 0 Å². The lowest BCUT2D eigenvalue weighted by atomic mass is 10.2. The average molecular weight is 282 g/mol. The molecule has 1 amide bonds. The quantitative estimate of drug-likeness (QED) is 0.380. The average Bonchev–Trinajstić information content (AvgIpc) is 2.26. The van der Waals surface area contributed by atoms with Crippen LogP contribution in [0.15, 0.2) is 0 Å². The second kappa shape index (κ2) is 10.2. The molecule has 0 aliphatic heterocycles. The predicted molar refractivity (Wildman–Crippen MR) is 67.5 cm³/mol. The maximum atomic E-state index is 11.2. The fourth-order valence-corrected chi connectivity index (χ4v) is 1.50. The van der Waals surface area contributed by atoms with E-state index in [0.717, 1.165) is 19.1 Å². The van der Waals surface area contributed by atoms with Gasteiger partial charge in [0.15, 0.2) is 0 Å². The van der Waals surface area contributed by atoms with E-state index in [2.05, 4.69) is 9.50 Å². The summed E-state index contributed by atoms with van der Waals surface area (Å²) in [4.78, 5) is 11.2. The summed E-state index contributed by atoms with van der Waals surface area (Å²) in [6, 6.07) is 0. The number of hydrogen-bond acceptors (Lipinski definition) is 6. The molecule has 0 unspecified atom stereocenters. The van der Waals surface area contributed by atoms with Crippen LogP contribution < -0.4 is 11.1 Å². The third-order valence-electron chi connectivity index (χ3n) is 1.95. The summed E-state index contributed by atoms with van der Waals surface area (Å²) >= 11 is 0. The van der Waals surface area contributed by atoms with Crippen LogP contribution in [-0.4, -0.2) is 53.5 Å². The number of hydrogen-bond donors (Lipinski definition) is 2. The van der Waals surface area contributed by atoms with Crippen LogP contribution in [0.3, 0.4) is 0 Å². The maximum absolute atomic E-state index is 11.2. The molecule has 0 bridgehead atoms. The van der Waals surface area contributed by atoms with Crippen LogP contribution in [0.1, 0.15) is 19.3 Å². The molecule has 0 aromatic rings. The van der Waals surface area contributed by atoms with Crippen LogP contribution in [0, 0.1) is 0 Å². The van der Waals surface area contributed by atoms with Crippen molar-refractivity contribution in [3.05, 3.63) is 0 Å². The normalized spacial score (nSPS) is 11.4. The molecular weight excluding hydrogens is 260 g/mol. The number of nitrogens with two attached hydrogens (primary N) is 1. The van der Waals surface area contributed by atoms with E-state index in [1.807, 2.05) is 0 Å². The fourth-order valence-electron chi connectivity index (χ4n) is 1.13. The predicted octanol–water partition coefficient (Wildman–Crippen LogP) is -0.776. The maximum Gasteiger partial charge on any atom is 0.264 e. The summed E-state index contributed by atoms with van der Waals surface area (Å²) in [5, 5.41) is 2.68. The Morgan fingerprint density at radius 2 is 1.94 bits per heavy atom. The van der Waals surface area contributed by atoms with Crippen molar-refractivity contribution in [2.24, 2.45) is 5.73 Å². The van der Waals surface area contributed by atoms with E-state index in [9.17, 15) is 13.2 Å². The van der Waals surface area contributed by atoms with Crippen molar-refractivity contribution in [1.82, 2.24) is 5.32 Å². The molecule has 0 aliphatic carbocycles. The zero-order valence-electron chi connectivity index (χ0n) is 10.7. The molecule has 0 heterocycles. The van der Waals surface area contributed by atoms with Gasteiger partial charge in [0.1, 0.15) is 0 Å². The van der Waals surface area contributed by atoms with Crippen LogP contribution >= 0.6 is 0 Å². The van der Waals surface area contributed by atoms with Gasteiger partial charge < -0.3 is 15.8 Å². The largest absolute Gasteiger partial charge is 0.377 e. The van der Waals surface area contributed by atoms with Crippen molar-refractivity contribution < 1.29 is 22.1 Å². The van der Waals surface area contributed by atoms with Gasteiger partial charge in [-0.05, 0) is 19.4 Å². The Balaban J connectivity index is 3.27. The third-order valence-corrected chi connectivity index (χ3v) is 2.55. The van der Waals surface area contributed by atoms with Crippen molar-refractivity contribution in [3.63, 3.8) is 0 Å². The monoisotopic (exact) mass is 282 g/mol. The molecule has 0 atom stereocenters. The van der Waals surface area contributed by atoms with Gasteiger partial charge in [-0.15, -0.1) is 0 Å². The zero-order chi connectivity index (χ0) is 13.9. The second-order valence-electron chi connectivity index (χ2n) is 3.73. The van der Waals surface area contributed by atoms with Gasteiger partial charge in [0.25, 0.3) is 10.1 Å². The summed E-state index contributed by atoms with van der Waals surface area (Å²) < 4.78 is 30.7. The lowest BCUT2D eigenvalue weighted by Gasteiger charge is -2.06. The van der Waals surface area contributed by atoms with Gasteiger partial charge in [0.05, 0.1) is 26.1 Å². The first kappa shape index (κ1) is 17.3. The Bertz CT molecular complexity index is 318. The molecule has 0 rings (SSSR count). The van der Waals surface area contributed by atoms with E-state index in [1.165, 1.54) is 0 Å². The number of ether oxygens (including phenoxy) is 1. The van der Waals surface area contributed by atoms with Gasteiger partial charge in [-0.1, -0.05) is 0 Å². The van der Waals surface area contributed by atoms with Gasteiger partial charge in [0.2, 0.25) is 5.91 Å².